The average molecular weight is 597 g/mol. The van der Waals surface area contributed by atoms with Crippen LogP contribution >= 0.6 is 0 Å². The number of β-amino-alcohol motifs (C(OH)–C–C–N with tert-alkyl or cyclic N) is 1. The highest BCUT2D eigenvalue weighted by molar-refractivity contribution is 6.05. The number of nitrogens with zero attached hydrogens (tertiary/aromatic N) is 8. The molecule has 0 spiro atoms. The number of benzene rings is 1. The first kappa shape index (κ1) is 30.5. The van der Waals surface area contributed by atoms with E-state index in [4.69, 9.17) is 0 Å². The minimum Gasteiger partial charge on any atom is -0.390 e. The summed E-state index contributed by atoms with van der Waals surface area (Å²) in [6.07, 6.45) is 5.65. The van der Waals surface area contributed by atoms with E-state index in [1.165, 1.54) is 9.47 Å². The number of fused-ring (bicyclic) bond motifs is 1. The van der Waals surface area contributed by atoms with Crippen molar-refractivity contribution in [1.29, 1.82) is 0 Å². The Morgan fingerprint density at radius 2 is 1.66 bits per heavy atom. The van der Waals surface area contributed by atoms with Gasteiger partial charge in [0.25, 0.3) is 11.5 Å². The maximum atomic E-state index is 14.0. The maximum absolute atomic E-state index is 14.0. The molecule has 1 aliphatic rings. The monoisotopic (exact) mass is 596 g/mol. The molecule has 44 heavy (non-hydrogen) atoms. The van der Waals surface area contributed by atoms with Crippen LogP contribution in [0.15, 0.2) is 89.8 Å². The Kier molecular flexibility index (Phi) is 9.41. The van der Waals surface area contributed by atoms with Gasteiger partial charge < -0.3 is 14.9 Å². The van der Waals surface area contributed by atoms with Crippen LogP contribution in [0.1, 0.15) is 16.1 Å². The van der Waals surface area contributed by atoms with Gasteiger partial charge in [-0.25, -0.2) is 24.3 Å². The molecule has 1 aromatic carbocycles. The Bertz CT molecular complexity index is 1750. The van der Waals surface area contributed by atoms with Gasteiger partial charge in [-0.05, 0) is 31.2 Å². The molecule has 0 saturated carbocycles. The molecule has 12 nitrogen and oxygen atoms in total. The largest absolute Gasteiger partial charge is 0.390 e. The summed E-state index contributed by atoms with van der Waals surface area (Å²) in [5, 5.41) is 11.3. The summed E-state index contributed by atoms with van der Waals surface area (Å²) in [6, 6.07) is 11.9. The number of aliphatic hydroxyl groups is 1. The third-order valence-electron chi connectivity index (χ3n) is 7.52. The molecular formula is C32H36N8O4. The summed E-state index contributed by atoms with van der Waals surface area (Å²) >= 11 is 0. The predicted octanol–water partition coefficient (Wildman–Crippen LogP) is 1.64. The summed E-state index contributed by atoms with van der Waals surface area (Å²) in [4.78, 5) is 60.7. The van der Waals surface area contributed by atoms with Gasteiger partial charge in [0, 0.05) is 63.9 Å². The Morgan fingerprint density at radius 1 is 1.00 bits per heavy atom. The number of anilines is 1. The lowest BCUT2D eigenvalue weighted by atomic mass is 10.1. The topological polar surface area (TPSA) is 130 Å². The second-order valence-electron chi connectivity index (χ2n) is 10.7. The zero-order valence-corrected chi connectivity index (χ0v) is 24.7. The number of aromatic nitrogens is 5. The van der Waals surface area contributed by atoms with E-state index in [0.29, 0.717) is 50.1 Å². The number of amides is 1. The van der Waals surface area contributed by atoms with Gasteiger partial charge >= 0.3 is 5.69 Å². The van der Waals surface area contributed by atoms with E-state index in [-0.39, 0.29) is 36.2 Å². The summed E-state index contributed by atoms with van der Waals surface area (Å²) in [7, 11) is 0. The van der Waals surface area contributed by atoms with Crippen molar-refractivity contribution in [3.8, 4) is 5.69 Å². The lowest BCUT2D eigenvalue weighted by Crippen LogP contribution is -2.50. The van der Waals surface area contributed by atoms with E-state index in [9.17, 15) is 19.5 Å². The number of piperazine rings is 1. The van der Waals surface area contributed by atoms with Gasteiger partial charge in [0.2, 0.25) is 5.95 Å². The quantitative estimate of drug-likeness (QED) is 0.257. The molecule has 1 N–H and O–H groups in total. The highest BCUT2D eigenvalue weighted by Crippen LogP contribution is 2.19. The summed E-state index contributed by atoms with van der Waals surface area (Å²) in [5.74, 6) is 0.253. The van der Waals surface area contributed by atoms with Crippen molar-refractivity contribution in [3.63, 3.8) is 0 Å². The van der Waals surface area contributed by atoms with E-state index in [0.717, 1.165) is 4.57 Å². The highest BCUT2D eigenvalue weighted by Gasteiger charge is 2.27. The third kappa shape index (κ3) is 6.36. The number of para-hydroxylation sites is 1. The van der Waals surface area contributed by atoms with Crippen molar-refractivity contribution in [2.45, 2.75) is 19.6 Å². The van der Waals surface area contributed by atoms with Crippen molar-refractivity contribution < 1.29 is 9.90 Å². The van der Waals surface area contributed by atoms with E-state index in [1.807, 2.05) is 0 Å². The molecule has 3 aromatic heterocycles. The van der Waals surface area contributed by atoms with Crippen LogP contribution in [0, 0.1) is 6.92 Å². The van der Waals surface area contributed by atoms with Gasteiger partial charge in [-0.2, -0.15) is 0 Å². The van der Waals surface area contributed by atoms with Crippen molar-refractivity contribution in [1.82, 2.24) is 33.9 Å². The number of carbonyl (C=O) groups excluding carboxylic acids is 1. The lowest BCUT2D eigenvalue weighted by molar-refractivity contribution is 0.0792. The van der Waals surface area contributed by atoms with Crippen molar-refractivity contribution >= 4 is 22.9 Å². The predicted molar refractivity (Wildman–Crippen MR) is 169 cm³/mol. The summed E-state index contributed by atoms with van der Waals surface area (Å²) < 4.78 is 2.34. The highest BCUT2D eigenvalue weighted by atomic mass is 16.3. The molecule has 0 radical (unpaired) electrons. The zero-order valence-electron chi connectivity index (χ0n) is 24.7. The number of hydrogen-bond acceptors (Lipinski definition) is 9. The van der Waals surface area contributed by atoms with Gasteiger partial charge in [-0.15, -0.1) is 13.2 Å². The van der Waals surface area contributed by atoms with Crippen molar-refractivity contribution in [3.05, 3.63) is 112 Å². The van der Waals surface area contributed by atoms with E-state index < -0.39 is 23.3 Å². The lowest BCUT2D eigenvalue weighted by Gasteiger charge is -2.35. The van der Waals surface area contributed by atoms with Gasteiger partial charge in [-0.3, -0.25) is 19.1 Å². The fourth-order valence-electron chi connectivity index (χ4n) is 5.48. The van der Waals surface area contributed by atoms with E-state index >= 15 is 0 Å². The van der Waals surface area contributed by atoms with Crippen LogP contribution in [0.25, 0.3) is 16.7 Å². The van der Waals surface area contributed by atoms with Crippen LogP contribution in [0.4, 0.5) is 5.95 Å². The van der Waals surface area contributed by atoms with Crippen LogP contribution in [0.3, 0.4) is 0 Å². The maximum Gasteiger partial charge on any atom is 0.337 e. The SMILES string of the molecule is C=CCN(CC=C)C(=O)c1cc(C)nc2c1c(=O)n(-c1ccccc1)c(=O)n2CC(O)CN1CCN(c2ncccn2)CC1. The Balaban J connectivity index is 1.53. The van der Waals surface area contributed by atoms with Gasteiger partial charge in [0.15, 0.2) is 5.65 Å². The van der Waals surface area contributed by atoms with Crippen LogP contribution < -0.4 is 16.1 Å². The molecule has 0 aliphatic carbocycles. The molecule has 1 saturated heterocycles. The first-order valence-electron chi connectivity index (χ1n) is 14.5. The van der Waals surface area contributed by atoms with Crippen molar-refractivity contribution in [2.75, 3.05) is 50.7 Å². The Labute approximate surface area is 254 Å². The minimum atomic E-state index is -0.961. The summed E-state index contributed by atoms with van der Waals surface area (Å²) in [5.41, 5.74) is -0.332. The zero-order chi connectivity index (χ0) is 31.2. The van der Waals surface area contributed by atoms with Gasteiger partial charge in [-0.1, -0.05) is 30.4 Å². The molecule has 12 heteroatoms. The van der Waals surface area contributed by atoms with Crippen LogP contribution in [-0.2, 0) is 6.54 Å². The molecule has 1 aliphatic heterocycles. The molecule has 228 valence electrons. The second kappa shape index (κ2) is 13.6. The van der Waals surface area contributed by atoms with E-state index in [2.05, 4.69) is 37.9 Å². The standard InChI is InChI=1S/C32H36N8O4/c1-4-14-37(15-5-2)29(42)26-20-23(3)35-28-27(26)30(43)40(24-10-7-6-8-11-24)32(44)39(28)22-25(41)21-36-16-18-38(19-17-36)31-33-12-9-13-34-31/h4-13,20,25,41H,1-2,14-19,21-22H2,3H3. The van der Waals surface area contributed by atoms with Gasteiger partial charge in [0.1, 0.15) is 0 Å². The average Bonchev–Trinajstić information content (AvgIpc) is 3.03. The van der Waals surface area contributed by atoms with Crippen LogP contribution in [0.5, 0.6) is 0 Å². The first-order chi connectivity index (χ1) is 21.3. The fraction of sp³-hybridized carbons (Fsp3) is 0.312. The summed E-state index contributed by atoms with van der Waals surface area (Å²) in [6.45, 7) is 12.6. The van der Waals surface area contributed by atoms with E-state index in [1.54, 1.807) is 73.9 Å². The molecule has 4 heterocycles. The number of hydrogen-bond donors (Lipinski definition) is 1. The minimum absolute atomic E-state index is 0.00542. The smallest absolute Gasteiger partial charge is 0.337 e. The fourth-order valence-corrected chi connectivity index (χ4v) is 5.48. The second-order valence-corrected chi connectivity index (χ2v) is 10.7. The van der Waals surface area contributed by atoms with Gasteiger partial charge in [0.05, 0.1) is 29.3 Å². The first-order valence-corrected chi connectivity index (χ1v) is 14.5. The molecular weight excluding hydrogens is 560 g/mol. The van der Waals surface area contributed by atoms with Crippen LogP contribution in [0.2, 0.25) is 0 Å². The number of pyridine rings is 1. The molecule has 4 aromatic rings. The third-order valence-corrected chi connectivity index (χ3v) is 7.52. The molecule has 1 atom stereocenters. The molecule has 0 bridgehead atoms. The number of carbonyl (C=O) groups is 1. The Morgan fingerprint density at radius 3 is 2.30 bits per heavy atom. The Hall–Kier alpha value is -4.94. The normalized spacial score (nSPS) is 14.4. The molecule has 1 fully saturated rings. The molecule has 1 amide bonds. The number of aliphatic hydroxyl groups excluding tert-OH is 1. The number of rotatable bonds is 11. The van der Waals surface area contributed by atoms with Crippen molar-refractivity contribution in [2.24, 2.45) is 0 Å². The molecule has 5 rings (SSSR count). The van der Waals surface area contributed by atoms with Crippen LogP contribution in [-0.4, -0.2) is 96.8 Å². The number of aryl methyl sites for hydroxylation is 1. The molecule has 1 unspecified atom stereocenters.